The van der Waals surface area contributed by atoms with Crippen LogP contribution in [0.3, 0.4) is 0 Å². The van der Waals surface area contributed by atoms with Gasteiger partial charge in [-0.2, -0.15) is 0 Å². The number of hydrogen-bond acceptors (Lipinski definition) is 7. The predicted molar refractivity (Wildman–Crippen MR) is 114 cm³/mol. The van der Waals surface area contributed by atoms with Gasteiger partial charge in [-0.05, 0) is 36.4 Å². The molecule has 1 heterocycles. The van der Waals surface area contributed by atoms with Crippen molar-refractivity contribution in [2.45, 2.75) is 4.90 Å². The van der Waals surface area contributed by atoms with Crippen molar-refractivity contribution < 1.29 is 19.2 Å². The van der Waals surface area contributed by atoms with E-state index in [2.05, 4.69) is 4.90 Å². The van der Waals surface area contributed by atoms with E-state index >= 15 is 0 Å². The summed E-state index contributed by atoms with van der Waals surface area (Å²) in [4.78, 5) is 38.8. The Balaban J connectivity index is 1.56. The van der Waals surface area contributed by atoms with Crippen molar-refractivity contribution in [1.82, 2.24) is 4.90 Å². The number of piperazine rings is 1. The quantitative estimate of drug-likeness (QED) is 0.406. The maximum Gasteiger partial charge on any atom is 0.283 e. The molecule has 0 saturated carbocycles. The Labute approximate surface area is 177 Å². The molecule has 2 aromatic rings. The maximum atomic E-state index is 12.6. The second-order valence-corrected chi connectivity index (χ2v) is 7.68. The van der Waals surface area contributed by atoms with E-state index < -0.39 is 10.8 Å². The van der Waals surface area contributed by atoms with Crippen LogP contribution in [-0.2, 0) is 4.79 Å². The summed E-state index contributed by atoms with van der Waals surface area (Å²) in [5.74, 6) is 0.0601. The van der Waals surface area contributed by atoms with Crippen LogP contribution in [0.5, 0.6) is 5.75 Å². The molecule has 30 heavy (non-hydrogen) atoms. The van der Waals surface area contributed by atoms with E-state index in [9.17, 15) is 19.7 Å². The van der Waals surface area contributed by atoms with Crippen molar-refractivity contribution in [3.05, 3.63) is 58.1 Å². The highest BCUT2D eigenvalue weighted by Gasteiger charge is 2.23. The van der Waals surface area contributed by atoms with Crippen LogP contribution in [0.2, 0.25) is 0 Å². The van der Waals surface area contributed by atoms with Crippen LogP contribution in [0.1, 0.15) is 10.4 Å². The van der Waals surface area contributed by atoms with Crippen molar-refractivity contribution >= 4 is 35.0 Å². The number of nitrogens with zero attached hydrogens (tertiary/aromatic N) is 3. The number of carbonyl (C=O) groups is 2. The van der Waals surface area contributed by atoms with Gasteiger partial charge in [0.15, 0.2) is 0 Å². The lowest BCUT2D eigenvalue weighted by atomic mass is 10.2. The molecule has 1 aliphatic heterocycles. The largest absolute Gasteiger partial charge is 0.497 e. The number of carbonyl (C=O) groups excluding carboxylic acids is 2. The van der Waals surface area contributed by atoms with E-state index in [0.717, 1.165) is 29.3 Å². The van der Waals surface area contributed by atoms with Crippen LogP contribution >= 0.6 is 11.8 Å². The Morgan fingerprint density at radius 2 is 1.80 bits per heavy atom. The monoisotopic (exact) mass is 430 g/mol. The molecule has 0 atom stereocenters. The molecule has 1 saturated heterocycles. The number of amides is 2. The molecule has 2 aromatic carbocycles. The Bertz CT molecular complexity index is 943. The first-order chi connectivity index (χ1) is 14.4. The maximum absolute atomic E-state index is 12.6. The van der Waals surface area contributed by atoms with Crippen LogP contribution in [-0.4, -0.2) is 60.7 Å². The number of nitro benzene ring substituents is 1. The molecule has 0 aliphatic carbocycles. The number of nitro groups is 1. The second kappa shape index (κ2) is 9.49. The van der Waals surface area contributed by atoms with Crippen molar-refractivity contribution in [3.8, 4) is 5.75 Å². The highest BCUT2D eigenvalue weighted by atomic mass is 32.2. The minimum absolute atomic E-state index is 0.0621. The lowest BCUT2D eigenvalue weighted by Gasteiger charge is -2.36. The van der Waals surface area contributed by atoms with Gasteiger partial charge in [0, 0.05) is 43.5 Å². The van der Waals surface area contributed by atoms with Crippen molar-refractivity contribution in [3.63, 3.8) is 0 Å². The molecule has 1 fully saturated rings. The summed E-state index contributed by atoms with van der Waals surface area (Å²) in [5, 5.41) is 11.3. The summed E-state index contributed by atoms with van der Waals surface area (Å²) in [6, 6.07) is 11.8. The molecule has 0 bridgehead atoms. The summed E-state index contributed by atoms with van der Waals surface area (Å²) in [7, 11) is 1.62. The molecule has 2 N–H and O–H groups in total. The zero-order valence-corrected chi connectivity index (χ0v) is 17.3. The van der Waals surface area contributed by atoms with Gasteiger partial charge < -0.3 is 20.3 Å². The van der Waals surface area contributed by atoms with Crippen LogP contribution in [0, 0.1) is 10.1 Å². The third-order valence-corrected chi connectivity index (χ3v) is 5.91. The fourth-order valence-corrected chi connectivity index (χ4v) is 4.08. The van der Waals surface area contributed by atoms with E-state index in [1.54, 1.807) is 12.0 Å². The number of rotatable bonds is 7. The number of primary amides is 1. The molecule has 9 nitrogen and oxygen atoms in total. The Kier molecular flexibility index (Phi) is 6.78. The highest BCUT2D eigenvalue weighted by molar-refractivity contribution is 8.00. The zero-order chi connectivity index (χ0) is 21.7. The molecule has 0 aromatic heterocycles. The summed E-state index contributed by atoms with van der Waals surface area (Å²) in [5.41, 5.74) is 6.09. The van der Waals surface area contributed by atoms with Gasteiger partial charge in [-0.15, -0.1) is 11.8 Å². The molecule has 0 radical (unpaired) electrons. The summed E-state index contributed by atoms with van der Waals surface area (Å²) < 4.78 is 5.17. The fourth-order valence-electron chi connectivity index (χ4n) is 3.17. The van der Waals surface area contributed by atoms with Gasteiger partial charge in [0.05, 0.1) is 22.7 Å². The van der Waals surface area contributed by atoms with Crippen molar-refractivity contribution in [2.24, 2.45) is 5.73 Å². The van der Waals surface area contributed by atoms with Crippen molar-refractivity contribution in [2.75, 3.05) is 43.9 Å². The lowest BCUT2D eigenvalue weighted by Crippen LogP contribution is -2.49. The van der Waals surface area contributed by atoms with E-state index in [1.165, 1.54) is 12.1 Å². The first-order valence-electron chi connectivity index (χ1n) is 9.27. The number of ether oxygens (including phenoxy) is 1. The summed E-state index contributed by atoms with van der Waals surface area (Å²) in [6.07, 6.45) is 0. The van der Waals surface area contributed by atoms with Crippen molar-refractivity contribution in [1.29, 1.82) is 0 Å². The van der Waals surface area contributed by atoms with E-state index in [-0.39, 0.29) is 22.9 Å². The summed E-state index contributed by atoms with van der Waals surface area (Å²) in [6.45, 7) is 2.56. The Hall–Kier alpha value is -3.27. The third kappa shape index (κ3) is 5.01. The van der Waals surface area contributed by atoms with Crippen LogP contribution in [0.25, 0.3) is 0 Å². The Morgan fingerprint density at radius 1 is 1.13 bits per heavy atom. The molecule has 10 heteroatoms. The van der Waals surface area contributed by atoms with Crippen LogP contribution in [0.4, 0.5) is 11.4 Å². The van der Waals surface area contributed by atoms with Gasteiger partial charge in [-0.3, -0.25) is 19.7 Å². The average molecular weight is 430 g/mol. The molecule has 2 amide bonds. The van der Waals surface area contributed by atoms with Crippen LogP contribution < -0.4 is 15.4 Å². The van der Waals surface area contributed by atoms with E-state index in [1.807, 2.05) is 24.3 Å². The number of methoxy groups -OCH3 is 1. The zero-order valence-electron chi connectivity index (χ0n) is 16.4. The van der Waals surface area contributed by atoms with E-state index in [4.69, 9.17) is 10.5 Å². The van der Waals surface area contributed by atoms with Gasteiger partial charge in [0.1, 0.15) is 5.75 Å². The summed E-state index contributed by atoms with van der Waals surface area (Å²) >= 11 is 1.09. The SMILES string of the molecule is COc1ccc(N2CCN(C(=O)CSc3ccc(C(N)=O)cc3[N+](=O)[O-])CC2)cc1. The topological polar surface area (TPSA) is 119 Å². The molecular formula is C20H22N4O5S. The molecule has 1 aliphatic rings. The fraction of sp³-hybridized carbons (Fsp3) is 0.300. The first kappa shape index (κ1) is 21.4. The number of anilines is 1. The minimum atomic E-state index is -0.736. The lowest BCUT2D eigenvalue weighted by molar-refractivity contribution is -0.387. The number of thioether (sulfide) groups is 1. The Morgan fingerprint density at radius 3 is 2.37 bits per heavy atom. The van der Waals surface area contributed by atoms with Gasteiger partial charge >= 0.3 is 0 Å². The molecule has 0 unspecified atom stereocenters. The third-order valence-electron chi connectivity index (χ3n) is 4.86. The number of nitrogens with two attached hydrogens (primary N) is 1. The smallest absolute Gasteiger partial charge is 0.283 e. The van der Waals surface area contributed by atoms with Crippen LogP contribution in [0.15, 0.2) is 47.4 Å². The van der Waals surface area contributed by atoms with Gasteiger partial charge in [-0.1, -0.05) is 0 Å². The average Bonchev–Trinajstić information content (AvgIpc) is 2.77. The first-order valence-corrected chi connectivity index (χ1v) is 10.3. The molecular weight excluding hydrogens is 408 g/mol. The van der Waals surface area contributed by atoms with Gasteiger partial charge in [0.25, 0.3) is 5.69 Å². The van der Waals surface area contributed by atoms with E-state index in [0.29, 0.717) is 31.1 Å². The molecule has 158 valence electrons. The standard InChI is InChI=1S/C20H22N4O5S/c1-29-16-5-3-15(4-6-16)22-8-10-23(11-9-22)19(25)13-30-18-7-2-14(20(21)26)12-17(18)24(27)28/h2-7,12H,8-11,13H2,1H3,(H2,21,26). The molecule has 3 rings (SSSR count). The minimum Gasteiger partial charge on any atom is -0.497 e. The number of hydrogen-bond donors (Lipinski definition) is 1. The highest BCUT2D eigenvalue weighted by Crippen LogP contribution is 2.30. The predicted octanol–water partition coefficient (Wildman–Crippen LogP) is 2.14. The van der Waals surface area contributed by atoms with Gasteiger partial charge in [-0.25, -0.2) is 0 Å². The normalized spacial score (nSPS) is 13.8. The van der Waals surface area contributed by atoms with Gasteiger partial charge in [0.2, 0.25) is 11.8 Å². The molecule has 0 spiro atoms. The number of benzene rings is 2. The second-order valence-electron chi connectivity index (χ2n) is 6.66.